The van der Waals surface area contributed by atoms with Gasteiger partial charge in [-0.3, -0.25) is 14.4 Å². The summed E-state index contributed by atoms with van der Waals surface area (Å²) in [6.45, 7) is 4.99. The number of carbonyl (C=O) groups excluding carboxylic acids is 2. The third kappa shape index (κ3) is 6.42. The molecule has 33 heavy (non-hydrogen) atoms. The van der Waals surface area contributed by atoms with Crippen molar-refractivity contribution >= 4 is 44.7 Å². The number of ketones is 1. The number of azo groups is 1. The third-order valence-electron chi connectivity index (χ3n) is 5.10. The largest absolute Gasteiger partial charge is 0.324 e. The molecule has 1 heterocycles. The average Bonchev–Trinajstić information content (AvgIpc) is 3.07. The molecule has 1 aliphatic rings. The van der Waals surface area contributed by atoms with Gasteiger partial charge in [0, 0.05) is 22.7 Å². The molecule has 4 atom stereocenters. The quantitative estimate of drug-likeness (QED) is 0.381. The van der Waals surface area contributed by atoms with E-state index in [-0.39, 0.29) is 22.5 Å². The Bertz CT molecular complexity index is 1140. The summed E-state index contributed by atoms with van der Waals surface area (Å²) >= 11 is 5.82. The fraction of sp³-hybridized carbons (Fsp3) is 0.333. The monoisotopic (exact) mass is 493 g/mol. The Morgan fingerprint density at radius 2 is 1.73 bits per heavy atom. The molecule has 0 aromatic heterocycles. The van der Waals surface area contributed by atoms with Gasteiger partial charge in [0.15, 0.2) is 5.78 Å². The van der Waals surface area contributed by atoms with E-state index in [0.29, 0.717) is 10.7 Å². The summed E-state index contributed by atoms with van der Waals surface area (Å²) in [6, 6.07) is 10.6. The molecule has 0 aliphatic carbocycles. The summed E-state index contributed by atoms with van der Waals surface area (Å²) in [4.78, 5) is 29.6. The van der Waals surface area contributed by atoms with E-state index in [1.807, 2.05) is 13.8 Å². The molecule has 0 saturated carbocycles. The van der Waals surface area contributed by atoms with Crippen molar-refractivity contribution in [3.05, 3.63) is 53.6 Å². The molecule has 0 radical (unpaired) electrons. The predicted octanol–water partition coefficient (Wildman–Crippen LogP) is 3.18. The number of rotatable bonds is 8. The van der Waals surface area contributed by atoms with Crippen LogP contribution in [0.1, 0.15) is 20.8 Å². The Kier molecular flexibility index (Phi) is 7.92. The first-order chi connectivity index (χ1) is 15.6. The summed E-state index contributed by atoms with van der Waals surface area (Å²) in [5.41, 5.74) is 3.48. The fourth-order valence-electron chi connectivity index (χ4n) is 2.89. The molecule has 1 amide bonds. The van der Waals surface area contributed by atoms with Crippen LogP contribution in [0.5, 0.6) is 0 Å². The molecule has 3 rings (SSSR count). The topological polar surface area (TPSA) is 138 Å². The normalized spacial score (nSPS) is 21.8. The van der Waals surface area contributed by atoms with Crippen molar-refractivity contribution in [1.29, 1.82) is 0 Å². The summed E-state index contributed by atoms with van der Waals surface area (Å²) in [5, 5.41) is 10.9. The van der Waals surface area contributed by atoms with E-state index in [1.54, 1.807) is 24.3 Å². The van der Waals surface area contributed by atoms with Gasteiger partial charge in [0.1, 0.15) is 6.23 Å². The SMILES string of the molecule is CC(=O)[C@H](N=Nc1ccc(S(=O)(=O)N[C@H]2ON[C@@H](C)[C@H]2C)cc1)C(=O)Nc1ccc(Cl)cc1. The molecule has 1 saturated heterocycles. The van der Waals surface area contributed by atoms with Gasteiger partial charge in [0.05, 0.1) is 10.6 Å². The van der Waals surface area contributed by atoms with Gasteiger partial charge in [-0.25, -0.2) is 8.42 Å². The van der Waals surface area contributed by atoms with Gasteiger partial charge < -0.3 is 5.32 Å². The second kappa shape index (κ2) is 10.5. The Morgan fingerprint density at radius 1 is 1.09 bits per heavy atom. The maximum Gasteiger partial charge on any atom is 0.258 e. The molecule has 1 aliphatic heterocycles. The van der Waals surface area contributed by atoms with E-state index < -0.39 is 34.0 Å². The maximum atomic E-state index is 12.6. The minimum atomic E-state index is -3.83. The number of hydroxylamine groups is 1. The first-order valence-electron chi connectivity index (χ1n) is 10.1. The molecule has 12 heteroatoms. The minimum absolute atomic E-state index is 0.00611. The number of sulfonamides is 1. The molecule has 2 aromatic carbocycles. The summed E-state index contributed by atoms with van der Waals surface area (Å²) < 4.78 is 27.7. The lowest BCUT2D eigenvalue weighted by atomic mass is 10.1. The van der Waals surface area contributed by atoms with Crippen molar-refractivity contribution in [2.45, 2.75) is 44.0 Å². The van der Waals surface area contributed by atoms with Crippen LogP contribution in [0.4, 0.5) is 11.4 Å². The van der Waals surface area contributed by atoms with Crippen molar-refractivity contribution in [3.8, 4) is 0 Å². The van der Waals surface area contributed by atoms with Crippen LogP contribution in [-0.4, -0.2) is 38.4 Å². The molecule has 1 fully saturated rings. The standard InChI is InChI=1S/C21H24ClN5O5S/c1-12-13(2)26-32-21(12)27-33(30,31)18-10-8-17(9-11-18)24-25-19(14(3)28)20(29)23-16-6-4-15(22)5-7-16/h4-13,19,21,26-27H,1-3H3,(H,23,29)/t12-,13+,19+,21+/m1/s1. The molecule has 0 bridgehead atoms. The van der Waals surface area contributed by atoms with Gasteiger partial charge in [0.2, 0.25) is 16.1 Å². The van der Waals surface area contributed by atoms with E-state index in [4.69, 9.17) is 16.4 Å². The maximum absolute atomic E-state index is 12.6. The lowest BCUT2D eigenvalue weighted by Crippen LogP contribution is -2.38. The lowest BCUT2D eigenvalue weighted by Gasteiger charge is -2.16. The van der Waals surface area contributed by atoms with Crippen LogP contribution < -0.4 is 15.5 Å². The molecule has 0 unspecified atom stereocenters. The van der Waals surface area contributed by atoms with Crippen molar-refractivity contribution in [2.24, 2.45) is 16.1 Å². The molecule has 0 spiro atoms. The highest BCUT2D eigenvalue weighted by atomic mass is 35.5. The number of carbonyl (C=O) groups is 2. The van der Waals surface area contributed by atoms with Gasteiger partial charge in [-0.2, -0.15) is 20.4 Å². The summed E-state index contributed by atoms with van der Waals surface area (Å²) in [6.07, 6.45) is -0.695. The number of nitrogens with one attached hydrogen (secondary N) is 3. The van der Waals surface area contributed by atoms with Crippen molar-refractivity contribution < 1.29 is 22.8 Å². The second-order valence-electron chi connectivity index (χ2n) is 7.64. The molecule has 2 aromatic rings. The molecule has 3 N–H and O–H groups in total. The lowest BCUT2D eigenvalue weighted by molar-refractivity contribution is -0.126. The van der Waals surface area contributed by atoms with Gasteiger partial charge in [0.25, 0.3) is 5.91 Å². The van der Waals surface area contributed by atoms with Crippen molar-refractivity contribution in [1.82, 2.24) is 10.2 Å². The van der Waals surface area contributed by atoms with Gasteiger partial charge in [-0.15, -0.1) is 0 Å². The highest BCUT2D eigenvalue weighted by Crippen LogP contribution is 2.22. The minimum Gasteiger partial charge on any atom is -0.324 e. The van der Waals surface area contributed by atoms with E-state index in [2.05, 4.69) is 25.7 Å². The van der Waals surface area contributed by atoms with Gasteiger partial charge in [-0.1, -0.05) is 18.5 Å². The van der Waals surface area contributed by atoms with Crippen LogP contribution in [0, 0.1) is 5.92 Å². The number of hydrogen-bond donors (Lipinski definition) is 3. The van der Waals surface area contributed by atoms with Gasteiger partial charge >= 0.3 is 0 Å². The van der Waals surface area contributed by atoms with E-state index >= 15 is 0 Å². The second-order valence-corrected chi connectivity index (χ2v) is 9.79. The number of anilines is 1. The third-order valence-corrected chi connectivity index (χ3v) is 6.79. The molecular formula is C21H24ClN5O5S. The molecule has 10 nitrogen and oxygen atoms in total. The number of amides is 1. The number of halogens is 1. The number of nitrogens with zero attached hydrogens (tertiary/aromatic N) is 2. The van der Waals surface area contributed by atoms with Crippen LogP contribution in [0.25, 0.3) is 0 Å². The Hall–Kier alpha value is -2.70. The first-order valence-corrected chi connectivity index (χ1v) is 11.9. The van der Waals surface area contributed by atoms with Crippen molar-refractivity contribution in [3.63, 3.8) is 0 Å². The van der Waals surface area contributed by atoms with Gasteiger partial charge in [-0.05, 0) is 62.4 Å². The zero-order valence-electron chi connectivity index (χ0n) is 18.2. The van der Waals surface area contributed by atoms with Crippen LogP contribution in [-0.2, 0) is 24.4 Å². The van der Waals surface area contributed by atoms with E-state index in [0.717, 1.165) is 0 Å². The zero-order chi connectivity index (χ0) is 24.2. The average molecular weight is 494 g/mol. The summed E-state index contributed by atoms with van der Waals surface area (Å²) in [5.74, 6) is -1.21. The van der Waals surface area contributed by atoms with E-state index in [9.17, 15) is 18.0 Å². The first kappa shape index (κ1) is 24.9. The van der Waals surface area contributed by atoms with Crippen LogP contribution >= 0.6 is 11.6 Å². The number of benzene rings is 2. The Morgan fingerprint density at radius 3 is 2.27 bits per heavy atom. The highest BCUT2D eigenvalue weighted by molar-refractivity contribution is 7.89. The van der Waals surface area contributed by atoms with Crippen LogP contribution in [0.2, 0.25) is 5.02 Å². The predicted molar refractivity (Wildman–Crippen MR) is 122 cm³/mol. The van der Waals surface area contributed by atoms with Crippen molar-refractivity contribution in [2.75, 3.05) is 5.32 Å². The Balaban J connectivity index is 1.67. The number of hydrogen-bond acceptors (Lipinski definition) is 8. The number of Topliss-reactive ketones (excluding diaryl/α,β-unsaturated/α-hetero) is 1. The zero-order valence-corrected chi connectivity index (χ0v) is 19.7. The van der Waals surface area contributed by atoms with E-state index in [1.165, 1.54) is 31.2 Å². The molecular weight excluding hydrogens is 470 g/mol. The molecule has 176 valence electrons. The van der Waals surface area contributed by atoms with Crippen LogP contribution in [0.3, 0.4) is 0 Å². The smallest absolute Gasteiger partial charge is 0.258 e. The highest BCUT2D eigenvalue weighted by Gasteiger charge is 2.34. The summed E-state index contributed by atoms with van der Waals surface area (Å²) in [7, 11) is -3.83. The van der Waals surface area contributed by atoms with Crippen LogP contribution in [0.15, 0.2) is 63.7 Å². The fourth-order valence-corrected chi connectivity index (χ4v) is 4.21. The Labute approximate surface area is 196 Å².